The number of hydrogen-bond acceptors (Lipinski definition) is 5. The number of nitrogens with zero attached hydrogens (tertiary/aromatic N) is 1. The Hall–Kier alpha value is -1.47. The van der Waals surface area contributed by atoms with Crippen LogP contribution in [0.5, 0.6) is 0 Å². The molecule has 6 nitrogen and oxygen atoms in total. The molecule has 2 rings (SSSR count). The molecule has 24 heavy (non-hydrogen) atoms. The van der Waals surface area contributed by atoms with E-state index in [-0.39, 0.29) is 6.10 Å². The van der Waals surface area contributed by atoms with Gasteiger partial charge in [0.05, 0.1) is 12.7 Å². The number of morpholine rings is 1. The van der Waals surface area contributed by atoms with Crippen molar-refractivity contribution in [3.63, 3.8) is 0 Å². The van der Waals surface area contributed by atoms with Crippen molar-refractivity contribution in [2.24, 2.45) is 11.5 Å². The minimum Gasteiger partial charge on any atom is -0.480 e. The Labute approximate surface area is 144 Å². The van der Waals surface area contributed by atoms with E-state index in [0.717, 1.165) is 26.0 Å². The van der Waals surface area contributed by atoms with Crippen molar-refractivity contribution >= 4 is 5.97 Å². The number of carboxylic acids is 1. The molecule has 3 atom stereocenters. The van der Waals surface area contributed by atoms with Crippen molar-refractivity contribution in [2.45, 2.75) is 44.4 Å². The lowest BCUT2D eigenvalue weighted by Crippen LogP contribution is -2.42. The summed E-state index contributed by atoms with van der Waals surface area (Å²) in [6.45, 7) is 4.69. The molecule has 0 aliphatic carbocycles. The van der Waals surface area contributed by atoms with Crippen LogP contribution in [0.4, 0.5) is 0 Å². The van der Waals surface area contributed by atoms with Crippen LogP contribution in [0.15, 0.2) is 30.3 Å². The van der Waals surface area contributed by atoms with E-state index in [0.29, 0.717) is 19.0 Å². The highest BCUT2D eigenvalue weighted by Gasteiger charge is 2.27. The summed E-state index contributed by atoms with van der Waals surface area (Å²) in [5.41, 5.74) is 11.7. The summed E-state index contributed by atoms with van der Waals surface area (Å²) < 4.78 is 5.80. The lowest BCUT2D eigenvalue weighted by atomic mass is 10.0. The Bertz CT molecular complexity index is 470. The summed E-state index contributed by atoms with van der Waals surface area (Å²) >= 11 is 0. The maximum Gasteiger partial charge on any atom is 0.320 e. The molecule has 1 heterocycles. The summed E-state index contributed by atoms with van der Waals surface area (Å²) in [6, 6.07) is 10.2. The van der Waals surface area contributed by atoms with Gasteiger partial charge in [0.25, 0.3) is 0 Å². The molecule has 0 amide bonds. The molecule has 136 valence electrons. The van der Waals surface area contributed by atoms with Crippen LogP contribution >= 0.6 is 0 Å². The smallest absolute Gasteiger partial charge is 0.320 e. The second-order valence-corrected chi connectivity index (χ2v) is 6.15. The predicted octanol–water partition coefficient (Wildman–Crippen LogP) is 1.61. The average molecular weight is 337 g/mol. The molecule has 1 aromatic rings. The Morgan fingerprint density at radius 1 is 1.38 bits per heavy atom. The number of aliphatic carboxylic acids is 1. The van der Waals surface area contributed by atoms with Gasteiger partial charge in [0.1, 0.15) is 6.04 Å². The molecule has 0 saturated carbocycles. The molecule has 0 radical (unpaired) electrons. The van der Waals surface area contributed by atoms with Gasteiger partial charge in [-0.3, -0.25) is 9.69 Å². The van der Waals surface area contributed by atoms with Crippen molar-refractivity contribution in [2.75, 3.05) is 26.7 Å². The van der Waals surface area contributed by atoms with E-state index >= 15 is 0 Å². The topological polar surface area (TPSA) is 102 Å². The fraction of sp³-hybridized carbons (Fsp3) is 0.611. The zero-order chi connectivity index (χ0) is 17.9. The third-order valence-electron chi connectivity index (χ3n) is 4.29. The first-order valence-electron chi connectivity index (χ1n) is 8.52. The first-order valence-corrected chi connectivity index (χ1v) is 8.52. The van der Waals surface area contributed by atoms with Gasteiger partial charge in [-0.1, -0.05) is 36.8 Å². The maximum atomic E-state index is 10.1. The van der Waals surface area contributed by atoms with E-state index in [4.69, 9.17) is 21.3 Å². The number of nitrogens with two attached hydrogens (primary N) is 2. The van der Waals surface area contributed by atoms with Gasteiger partial charge in [-0.2, -0.15) is 0 Å². The van der Waals surface area contributed by atoms with Crippen molar-refractivity contribution in [1.29, 1.82) is 0 Å². The SMILES string of the molecule is CC1C(c2ccccc2)OCCN1C.NCCCCC(N)C(=O)O. The average Bonchev–Trinajstić information content (AvgIpc) is 2.59. The molecule has 0 spiro atoms. The fourth-order valence-corrected chi connectivity index (χ4v) is 2.55. The van der Waals surface area contributed by atoms with E-state index < -0.39 is 12.0 Å². The van der Waals surface area contributed by atoms with Crippen LogP contribution in [0.25, 0.3) is 0 Å². The van der Waals surface area contributed by atoms with E-state index in [1.165, 1.54) is 5.56 Å². The number of carbonyl (C=O) groups is 1. The number of hydrogen-bond donors (Lipinski definition) is 3. The molecule has 0 aromatic heterocycles. The van der Waals surface area contributed by atoms with Gasteiger partial charge >= 0.3 is 5.97 Å². The summed E-state index contributed by atoms with van der Waals surface area (Å²) in [5, 5.41) is 8.33. The fourth-order valence-electron chi connectivity index (χ4n) is 2.55. The van der Waals surface area contributed by atoms with Crippen molar-refractivity contribution in [3.8, 4) is 0 Å². The lowest BCUT2D eigenvalue weighted by molar-refractivity contribution is -0.138. The summed E-state index contributed by atoms with van der Waals surface area (Å²) in [5.74, 6) is -0.933. The summed E-state index contributed by atoms with van der Waals surface area (Å²) in [6.07, 6.45) is 2.40. The van der Waals surface area contributed by atoms with Crippen LogP contribution in [0.3, 0.4) is 0 Å². The normalized spacial score (nSPS) is 22.3. The van der Waals surface area contributed by atoms with Gasteiger partial charge < -0.3 is 21.3 Å². The van der Waals surface area contributed by atoms with E-state index in [1.54, 1.807) is 0 Å². The molecule has 1 aliphatic heterocycles. The molecular formula is C18H31N3O3. The van der Waals surface area contributed by atoms with Crippen LogP contribution in [0.1, 0.15) is 37.9 Å². The first-order chi connectivity index (χ1) is 11.5. The monoisotopic (exact) mass is 337 g/mol. The lowest BCUT2D eigenvalue weighted by Gasteiger charge is -2.37. The zero-order valence-corrected chi connectivity index (χ0v) is 14.7. The number of rotatable bonds is 6. The Morgan fingerprint density at radius 3 is 2.62 bits per heavy atom. The predicted molar refractivity (Wildman–Crippen MR) is 95.7 cm³/mol. The van der Waals surface area contributed by atoms with Gasteiger partial charge in [-0.05, 0) is 38.9 Å². The Morgan fingerprint density at radius 2 is 2.04 bits per heavy atom. The Kier molecular flexibility index (Phi) is 9.56. The Balaban J connectivity index is 0.000000257. The highest BCUT2D eigenvalue weighted by Crippen LogP contribution is 2.26. The molecule has 1 fully saturated rings. The van der Waals surface area contributed by atoms with Gasteiger partial charge in [0, 0.05) is 12.6 Å². The largest absolute Gasteiger partial charge is 0.480 e. The van der Waals surface area contributed by atoms with Gasteiger partial charge in [-0.25, -0.2) is 0 Å². The zero-order valence-electron chi connectivity index (χ0n) is 14.7. The quantitative estimate of drug-likeness (QED) is 0.682. The van der Waals surface area contributed by atoms with Crippen LogP contribution in [0.2, 0.25) is 0 Å². The van der Waals surface area contributed by atoms with Crippen molar-refractivity contribution < 1.29 is 14.6 Å². The van der Waals surface area contributed by atoms with Crippen LogP contribution in [0, 0.1) is 0 Å². The first kappa shape index (κ1) is 20.6. The minimum atomic E-state index is -0.933. The minimum absolute atomic E-state index is 0.231. The summed E-state index contributed by atoms with van der Waals surface area (Å²) in [4.78, 5) is 12.5. The number of benzene rings is 1. The summed E-state index contributed by atoms with van der Waals surface area (Å²) in [7, 11) is 2.16. The molecule has 6 heteroatoms. The molecule has 5 N–H and O–H groups in total. The van der Waals surface area contributed by atoms with E-state index in [1.807, 2.05) is 6.07 Å². The van der Waals surface area contributed by atoms with Crippen molar-refractivity contribution in [3.05, 3.63) is 35.9 Å². The van der Waals surface area contributed by atoms with Gasteiger partial charge in [0.2, 0.25) is 0 Å². The highest BCUT2D eigenvalue weighted by molar-refractivity contribution is 5.72. The highest BCUT2D eigenvalue weighted by atomic mass is 16.5. The van der Waals surface area contributed by atoms with Gasteiger partial charge in [0.15, 0.2) is 0 Å². The van der Waals surface area contributed by atoms with Crippen LogP contribution in [-0.4, -0.2) is 54.8 Å². The maximum absolute atomic E-state index is 10.1. The molecule has 1 saturated heterocycles. The number of unbranched alkanes of at least 4 members (excludes halogenated alkanes) is 1. The second-order valence-electron chi connectivity index (χ2n) is 6.15. The molecule has 1 aromatic carbocycles. The third-order valence-corrected chi connectivity index (χ3v) is 4.29. The molecular weight excluding hydrogens is 306 g/mol. The number of likely N-dealkylation sites (N-methyl/N-ethyl adjacent to an activating group) is 1. The number of ether oxygens (including phenoxy) is 1. The standard InChI is InChI=1S/C12H17NO.C6H14N2O2/c1-10-12(14-9-8-13(10)2)11-6-4-3-5-7-11;7-4-2-1-3-5(8)6(9)10/h3-7,10,12H,8-9H2,1-2H3;5H,1-4,7-8H2,(H,9,10). The molecule has 1 aliphatic rings. The molecule has 3 unspecified atom stereocenters. The van der Waals surface area contributed by atoms with Crippen LogP contribution < -0.4 is 11.5 Å². The van der Waals surface area contributed by atoms with Crippen molar-refractivity contribution in [1.82, 2.24) is 4.90 Å². The molecule has 0 bridgehead atoms. The van der Waals surface area contributed by atoms with Crippen LogP contribution in [-0.2, 0) is 9.53 Å². The van der Waals surface area contributed by atoms with E-state index in [2.05, 4.69) is 43.1 Å². The van der Waals surface area contributed by atoms with Gasteiger partial charge in [-0.15, -0.1) is 0 Å². The van der Waals surface area contributed by atoms with E-state index in [9.17, 15) is 4.79 Å². The third kappa shape index (κ3) is 6.97. The second kappa shape index (κ2) is 11.1. The number of carboxylic acid groups (broad SMARTS) is 1.